The normalized spacial score (nSPS) is 10.7. The highest BCUT2D eigenvalue weighted by molar-refractivity contribution is 6.07. The maximum Gasteiger partial charge on any atom is 0.293 e. The van der Waals surface area contributed by atoms with Crippen molar-refractivity contribution in [1.29, 1.82) is 0 Å². The van der Waals surface area contributed by atoms with Crippen LogP contribution in [0, 0.1) is 17.0 Å². The Hall–Kier alpha value is -3.56. The van der Waals surface area contributed by atoms with Crippen LogP contribution in [-0.4, -0.2) is 36.9 Å². The van der Waals surface area contributed by atoms with E-state index in [0.29, 0.717) is 30.4 Å². The molecule has 1 aromatic carbocycles. The zero-order valence-electron chi connectivity index (χ0n) is 14.2. The Morgan fingerprint density at radius 2 is 2.23 bits per heavy atom. The second kappa shape index (κ2) is 7.13. The summed E-state index contributed by atoms with van der Waals surface area (Å²) in [7, 11) is 1.68. The van der Waals surface area contributed by atoms with Gasteiger partial charge >= 0.3 is 0 Å². The Labute approximate surface area is 148 Å². The Balaban J connectivity index is 1.77. The summed E-state index contributed by atoms with van der Waals surface area (Å²) < 4.78 is 6.56. The summed E-state index contributed by atoms with van der Waals surface area (Å²) in [5, 5.41) is 18.0. The van der Waals surface area contributed by atoms with E-state index in [1.165, 1.54) is 24.4 Å². The van der Waals surface area contributed by atoms with Gasteiger partial charge in [0.05, 0.1) is 4.92 Å². The van der Waals surface area contributed by atoms with Gasteiger partial charge in [-0.1, -0.05) is 5.16 Å². The van der Waals surface area contributed by atoms with Crippen LogP contribution in [0.5, 0.6) is 0 Å². The molecular formula is C16H16N6O4. The Morgan fingerprint density at radius 3 is 2.85 bits per heavy atom. The fourth-order valence-electron chi connectivity index (χ4n) is 2.43. The number of aryl methyl sites for hydroxylation is 2. The number of aromatic nitrogens is 4. The van der Waals surface area contributed by atoms with Crippen LogP contribution in [0.25, 0.3) is 0 Å². The zero-order chi connectivity index (χ0) is 18.7. The smallest absolute Gasteiger partial charge is 0.293 e. The molecule has 10 heteroatoms. The lowest BCUT2D eigenvalue weighted by Gasteiger charge is -2.07. The number of carbonyl (C=O) groups is 1. The molecule has 0 atom stereocenters. The Morgan fingerprint density at radius 1 is 1.42 bits per heavy atom. The van der Waals surface area contributed by atoms with E-state index >= 15 is 0 Å². The molecule has 3 rings (SSSR count). The molecule has 0 saturated carbocycles. The summed E-state index contributed by atoms with van der Waals surface area (Å²) in [6, 6.07) is 4.28. The Kier molecular flexibility index (Phi) is 4.74. The topological polar surface area (TPSA) is 129 Å². The van der Waals surface area contributed by atoms with E-state index in [1.54, 1.807) is 24.7 Å². The van der Waals surface area contributed by atoms with Gasteiger partial charge in [-0.15, -0.1) is 0 Å². The van der Waals surface area contributed by atoms with Crippen molar-refractivity contribution >= 4 is 17.2 Å². The van der Waals surface area contributed by atoms with Gasteiger partial charge in [0.25, 0.3) is 5.69 Å². The summed E-state index contributed by atoms with van der Waals surface area (Å²) in [5.41, 5.74) is 0.318. The molecule has 0 fully saturated rings. The summed E-state index contributed by atoms with van der Waals surface area (Å²) in [5.74, 6) is 0.808. The van der Waals surface area contributed by atoms with Gasteiger partial charge in [0.15, 0.2) is 11.6 Å². The number of anilines is 1. The fourth-order valence-corrected chi connectivity index (χ4v) is 2.43. The molecule has 0 unspecified atom stereocenters. The van der Waals surface area contributed by atoms with E-state index < -0.39 is 4.92 Å². The van der Waals surface area contributed by atoms with Crippen LogP contribution in [0.1, 0.15) is 27.9 Å². The number of nitro benzene ring substituents is 1. The van der Waals surface area contributed by atoms with E-state index in [4.69, 9.17) is 4.52 Å². The van der Waals surface area contributed by atoms with Crippen LogP contribution >= 0.6 is 0 Å². The van der Waals surface area contributed by atoms with Crippen LogP contribution in [0.15, 0.2) is 35.1 Å². The van der Waals surface area contributed by atoms with Gasteiger partial charge in [0.2, 0.25) is 11.7 Å². The highest BCUT2D eigenvalue weighted by Crippen LogP contribution is 2.26. The Bertz CT molecular complexity index is 961. The van der Waals surface area contributed by atoms with Crippen molar-refractivity contribution in [3.05, 3.63) is 63.8 Å². The fraction of sp³-hybridized carbons (Fsp3) is 0.250. The van der Waals surface area contributed by atoms with Crippen molar-refractivity contribution in [3.8, 4) is 0 Å². The minimum absolute atomic E-state index is 0.188. The van der Waals surface area contributed by atoms with Crippen LogP contribution in [0.3, 0.4) is 0 Å². The number of benzene rings is 1. The number of hydrogen-bond donors (Lipinski definition) is 1. The van der Waals surface area contributed by atoms with Crippen molar-refractivity contribution in [3.63, 3.8) is 0 Å². The molecule has 0 aliphatic heterocycles. The molecule has 2 heterocycles. The number of nitro groups is 1. The van der Waals surface area contributed by atoms with Gasteiger partial charge < -0.3 is 14.4 Å². The molecule has 2 aromatic heterocycles. The molecule has 0 radical (unpaired) electrons. The molecule has 0 saturated heterocycles. The standard InChI is InChI=1S/C16H16N6O4/c1-10-19-14(26-20-10)5-6-17-12-4-3-11(9-13(12)22(24)25)15(23)16-18-7-8-21(16)2/h3-4,7-9,17H,5-6H2,1-2H3. The van der Waals surface area contributed by atoms with Gasteiger partial charge in [-0.25, -0.2) is 4.98 Å². The van der Waals surface area contributed by atoms with Crippen molar-refractivity contribution in [2.24, 2.45) is 7.05 Å². The van der Waals surface area contributed by atoms with Crippen molar-refractivity contribution in [2.75, 3.05) is 11.9 Å². The molecule has 3 aromatic rings. The quantitative estimate of drug-likeness (QED) is 0.386. The minimum Gasteiger partial charge on any atom is -0.379 e. The molecule has 26 heavy (non-hydrogen) atoms. The van der Waals surface area contributed by atoms with E-state index in [9.17, 15) is 14.9 Å². The summed E-state index contributed by atoms with van der Waals surface area (Å²) >= 11 is 0. The van der Waals surface area contributed by atoms with Gasteiger partial charge in [0.1, 0.15) is 5.69 Å². The van der Waals surface area contributed by atoms with Crippen molar-refractivity contribution in [2.45, 2.75) is 13.3 Å². The lowest BCUT2D eigenvalue weighted by atomic mass is 10.1. The van der Waals surface area contributed by atoms with E-state index in [2.05, 4.69) is 20.4 Å². The maximum absolute atomic E-state index is 12.5. The van der Waals surface area contributed by atoms with E-state index in [-0.39, 0.29) is 22.9 Å². The first kappa shape index (κ1) is 17.3. The SMILES string of the molecule is Cc1noc(CCNc2ccc(C(=O)c3nccn3C)cc2[N+](=O)[O-])n1. The molecule has 0 spiro atoms. The number of carbonyl (C=O) groups excluding carboxylic acids is 1. The number of ketones is 1. The van der Waals surface area contributed by atoms with Gasteiger partial charge in [0, 0.05) is 44.0 Å². The first-order valence-electron chi connectivity index (χ1n) is 7.79. The average Bonchev–Trinajstić information content (AvgIpc) is 3.22. The first-order chi connectivity index (χ1) is 12.5. The second-order valence-corrected chi connectivity index (χ2v) is 5.59. The average molecular weight is 356 g/mol. The molecular weight excluding hydrogens is 340 g/mol. The number of imidazole rings is 1. The molecule has 0 amide bonds. The molecule has 1 N–H and O–H groups in total. The van der Waals surface area contributed by atoms with Gasteiger partial charge in [-0.2, -0.15) is 4.98 Å². The number of rotatable bonds is 7. The molecule has 0 bridgehead atoms. The van der Waals surface area contributed by atoms with Crippen LogP contribution < -0.4 is 5.32 Å². The number of hydrogen-bond acceptors (Lipinski definition) is 8. The monoisotopic (exact) mass is 356 g/mol. The number of nitrogens with zero attached hydrogens (tertiary/aromatic N) is 5. The molecule has 10 nitrogen and oxygen atoms in total. The molecule has 134 valence electrons. The maximum atomic E-state index is 12.5. The highest BCUT2D eigenvalue weighted by atomic mass is 16.6. The first-order valence-corrected chi connectivity index (χ1v) is 7.79. The molecule has 0 aliphatic carbocycles. The lowest BCUT2D eigenvalue weighted by molar-refractivity contribution is -0.384. The van der Waals surface area contributed by atoms with Crippen molar-refractivity contribution < 1.29 is 14.2 Å². The zero-order valence-corrected chi connectivity index (χ0v) is 14.2. The van der Waals surface area contributed by atoms with Crippen LogP contribution in [0.2, 0.25) is 0 Å². The van der Waals surface area contributed by atoms with Gasteiger partial charge in [-0.05, 0) is 19.1 Å². The summed E-state index contributed by atoms with van der Waals surface area (Å²) in [4.78, 5) is 31.4. The predicted molar refractivity (Wildman–Crippen MR) is 91.0 cm³/mol. The lowest BCUT2D eigenvalue weighted by Crippen LogP contribution is -2.11. The van der Waals surface area contributed by atoms with Crippen LogP contribution in [0.4, 0.5) is 11.4 Å². The third-order valence-corrected chi connectivity index (χ3v) is 3.70. The second-order valence-electron chi connectivity index (χ2n) is 5.59. The summed E-state index contributed by atoms with van der Waals surface area (Å²) in [6.07, 6.45) is 3.56. The van der Waals surface area contributed by atoms with E-state index in [0.717, 1.165) is 0 Å². The number of nitrogens with one attached hydrogen (secondary N) is 1. The van der Waals surface area contributed by atoms with Crippen LogP contribution in [-0.2, 0) is 13.5 Å². The molecule has 0 aliphatic rings. The van der Waals surface area contributed by atoms with E-state index in [1.807, 2.05) is 0 Å². The third kappa shape index (κ3) is 3.58. The predicted octanol–water partition coefficient (Wildman–Crippen LogP) is 1.91. The largest absolute Gasteiger partial charge is 0.379 e. The minimum atomic E-state index is -0.533. The highest BCUT2D eigenvalue weighted by Gasteiger charge is 2.20. The summed E-state index contributed by atoms with van der Waals surface area (Å²) in [6.45, 7) is 2.08. The third-order valence-electron chi connectivity index (χ3n) is 3.70. The van der Waals surface area contributed by atoms with Gasteiger partial charge in [-0.3, -0.25) is 14.9 Å². The van der Waals surface area contributed by atoms with Crippen molar-refractivity contribution in [1.82, 2.24) is 19.7 Å².